The van der Waals surface area contributed by atoms with E-state index < -0.39 is 0 Å². The predicted octanol–water partition coefficient (Wildman–Crippen LogP) is 4.89. The summed E-state index contributed by atoms with van der Waals surface area (Å²) in [6.07, 6.45) is 5.32. The van der Waals surface area contributed by atoms with Crippen LogP contribution in [0.3, 0.4) is 0 Å². The molecule has 2 rings (SSSR count). The number of carbonyl (C=O) groups is 1. The molecule has 1 saturated heterocycles. The predicted molar refractivity (Wildman–Crippen MR) is 103 cm³/mol. The molecule has 0 saturated carbocycles. The van der Waals surface area contributed by atoms with Gasteiger partial charge in [-0.2, -0.15) is 0 Å². The van der Waals surface area contributed by atoms with Crippen LogP contribution < -0.4 is 10.2 Å². The summed E-state index contributed by atoms with van der Waals surface area (Å²) in [6.45, 7) is 8.45. The number of amides is 1. The maximum atomic E-state index is 12.5. The van der Waals surface area contributed by atoms with Gasteiger partial charge in [0, 0.05) is 35.8 Å². The van der Waals surface area contributed by atoms with Crippen molar-refractivity contribution >= 4 is 23.2 Å². The van der Waals surface area contributed by atoms with Gasteiger partial charge in [-0.15, -0.1) is 0 Å². The highest BCUT2D eigenvalue weighted by atomic mass is 35.5. The molecule has 1 unspecified atom stereocenters. The second kappa shape index (κ2) is 9.31. The zero-order valence-corrected chi connectivity index (χ0v) is 16.0. The standard InChI is InChI=1S/C20H31ClN2O/c1-15(2)6-4-7-16(3)22-20(24)17-10-12-23(13-11-17)19-9-5-8-18(21)14-19/h5,8-9,14-17H,4,6-7,10-13H2,1-3H3,(H,22,24). The molecule has 1 amide bonds. The molecule has 1 fully saturated rings. The Morgan fingerprint density at radius 1 is 1.25 bits per heavy atom. The van der Waals surface area contributed by atoms with Crippen molar-refractivity contribution in [3.8, 4) is 0 Å². The van der Waals surface area contributed by atoms with Crippen LogP contribution in [0.2, 0.25) is 5.02 Å². The summed E-state index contributed by atoms with van der Waals surface area (Å²) in [5.41, 5.74) is 1.16. The quantitative estimate of drug-likeness (QED) is 0.759. The summed E-state index contributed by atoms with van der Waals surface area (Å²) in [5.74, 6) is 1.12. The van der Waals surface area contributed by atoms with Crippen LogP contribution in [0.4, 0.5) is 5.69 Å². The first-order valence-electron chi connectivity index (χ1n) is 9.26. The third kappa shape index (κ3) is 6.01. The van der Waals surface area contributed by atoms with Gasteiger partial charge in [-0.1, -0.05) is 44.4 Å². The van der Waals surface area contributed by atoms with E-state index in [-0.39, 0.29) is 17.9 Å². The number of anilines is 1. The van der Waals surface area contributed by atoms with Gasteiger partial charge in [-0.3, -0.25) is 4.79 Å². The van der Waals surface area contributed by atoms with Crippen LogP contribution in [0.1, 0.15) is 52.9 Å². The normalized spacial score (nSPS) is 17.1. The molecule has 0 spiro atoms. The average Bonchev–Trinajstić information content (AvgIpc) is 2.54. The van der Waals surface area contributed by atoms with E-state index in [2.05, 4.69) is 37.1 Å². The maximum absolute atomic E-state index is 12.5. The Balaban J connectivity index is 1.74. The monoisotopic (exact) mass is 350 g/mol. The minimum atomic E-state index is 0.146. The van der Waals surface area contributed by atoms with Gasteiger partial charge in [0.05, 0.1) is 0 Å². The van der Waals surface area contributed by atoms with Gasteiger partial charge < -0.3 is 10.2 Å². The van der Waals surface area contributed by atoms with E-state index in [4.69, 9.17) is 11.6 Å². The summed E-state index contributed by atoms with van der Waals surface area (Å²) < 4.78 is 0. The third-order valence-electron chi connectivity index (χ3n) is 4.85. The molecular formula is C20H31ClN2O. The Morgan fingerprint density at radius 2 is 1.96 bits per heavy atom. The number of nitrogens with one attached hydrogen (secondary N) is 1. The van der Waals surface area contributed by atoms with E-state index >= 15 is 0 Å². The molecule has 1 aliphatic heterocycles. The van der Waals surface area contributed by atoms with Crippen molar-refractivity contribution in [2.24, 2.45) is 11.8 Å². The molecule has 1 aliphatic rings. The van der Waals surface area contributed by atoms with Crippen molar-refractivity contribution in [3.05, 3.63) is 29.3 Å². The largest absolute Gasteiger partial charge is 0.371 e. The highest BCUT2D eigenvalue weighted by Crippen LogP contribution is 2.25. The lowest BCUT2D eigenvalue weighted by Gasteiger charge is -2.33. The lowest BCUT2D eigenvalue weighted by Crippen LogP contribution is -2.43. The first-order valence-corrected chi connectivity index (χ1v) is 9.64. The number of hydrogen-bond donors (Lipinski definition) is 1. The number of carbonyl (C=O) groups excluding carboxylic acids is 1. The highest BCUT2D eigenvalue weighted by Gasteiger charge is 2.25. The molecule has 0 bridgehead atoms. The van der Waals surface area contributed by atoms with Crippen molar-refractivity contribution in [1.29, 1.82) is 0 Å². The van der Waals surface area contributed by atoms with Crippen LogP contribution in [-0.4, -0.2) is 25.0 Å². The van der Waals surface area contributed by atoms with Gasteiger partial charge in [0.15, 0.2) is 0 Å². The summed E-state index contributed by atoms with van der Waals surface area (Å²) in [7, 11) is 0. The Hall–Kier alpha value is -1.22. The molecule has 4 heteroatoms. The number of hydrogen-bond acceptors (Lipinski definition) is 2. The third-order valence-corrected chi connectivity index (χ3v) is 5.08. The molecule has 1 aromatic carbocycles. The van der Waals surface area contributed by atoms with Crippen LogP contribution in [0.5, 0.6) is 0 Å². The van der Waals surface area contributed by atoms with Gasteiger partial charge >= 0.3 is 0 Å². The lowest BCUT2D eigenvalue weighted by atomic mass is 9.95. The first-order chi connectivity index (χ1) is 11.5. The fourth-order valence-corrected chi connectivity index (χ4v) is 3.52. The fourth-order valence-electron chi connectivity index (χ4n) is 3.34. The number of benzene rings is 1. The van der Waals surface area contributed by atoms with Crippen molar-refractivity contribution < 1.29 is 4.79 Å². The van der Waals surface area contributed by atoms with Crippen LogP contribution >= 0.6 is 11.6 Å². The van der Waals surface area contributed by atoms with Crippen molar-refractivity contribution in [1.82, 2.24) is 5.32 Å². The topological polar surface area (TPSA) is 32.3 Å². The molecule has 134 valence electrons. The molecule has 1 heterocycles. The Morgan fingerprint density at radius 3 is 2.58 bits per heavy atom. The fraction of sp³-hybridized carbons (Fsp3) is 0.650. The molecule has 0 radical (unpaired) electrons. The van der Waals surface area contributed by atoms with Gasteiger partial charge in [0.1, 0.15) is 0 Å². The molecule has 1 aromatic rings. The molecule has 1 N–H and O–H groups in total. The molecule has 1 atom stereocenters. The van der Waals surface area contributed by atoms with E-state index in [0.29, 0.717) is 0 Å². The maximum Gasteiger partial charge on any atom is 0.223 e. The van der Waals surface area contributed by atoms with Crippen molar-refractivity contribution in [2.45, 2.75) is 58.9 Å². The second-order valence-corrected chi connectivity index (χ2v) is 7.91. The van der Waals surface area contributed by atoms with Gasteiger partial charge in [0.2, 0.25) is 5.91 Å². The van der Waals surface area contributed by atoms with Crippen molar-refractivity contribution in [2.75, 3.05) is 18.0 Å². The molecule has 0 aliphatic carbocycles. The second-order valence-electron chi connectivity index (χ2n) is 7.48. The minimum absolute atomic E-state index is 0.146. The van der Waals surface area contributed by atoms with Gasteiger partial charge in [-0.25, -0.2) is 0 Å². The summed E-state index contributed by atoms with van der Waals surface area (Å²) >= 11 is 6.07. The van der Waals surface area contributed by atoms with Crippen LogP contribution in [0.25, 0.3) is 0 Å². The Kier molecular flexibility index (Phi) is 7.41. The van der Waals surface area contributed by atoms with E-state index in [0.717, 1.165) is 49.0 Å². The molecule has 0 aromatic heterocycles. The Labute approximate surface area is 151 Å². The van der Waals surface area contributed by atoms with E-state index in [1.807, 2.05) is 18.2 Å². The van der Waals surface area contributed by atoms with Crippen LogP contribution in [0, 0.1) is 11.8 Å². The SMILES string of the molecule is CC(C)CCCC(C)NC(=O)C1CCN(c2cccc(Cl)c2)CC1. The zero-order chi connectivity index (χ0) is 17.5. The van der Waals surface area contributed by atoms with Gasteiger partial charge in [-0.05, 0) is 50.3 Å². The summed E-state index contributed by atoms with van der Waals surface area (Å²) in [5, 5.41) is 3.97. The molecular weight excluding hydrogens is 320 g/mol. The Bertz CT molecular complexity index is 524. The zero-order valence-electron chi connectivity index (χ0n) is 15.2. The summed E-state index contributed by atoms with van der Waals surface area (Å²) in [4.78, 5) is 14.8. The van der Waals surface area contributed by atoms with E-state index in [1.165, 1.54) is 12.8 Å². The van der Waals surface area contributed by atoms with E-state index in [9.17, 15) is 4.79 Å². The van der Waals surface area contributed by atoms with E-state index in [1.54, 1.807) is 0 Å². The summed E-state index contributed by atoms with van der Waals surface area (Å²) in [6, 6.07) is 8.24. The average molecular weight is 351 g/mol. The smallest absolute Gasteiger partial charge is 0.223 e. The number of nitrogens with zero attached hydrogens (tertiary/aromatic N) is 1. The van der Waals surface area contributed by atoms with Gasteiger partial charge in [0.25, 0.3) is 0 Å². The van der Waals surface area contributed by atoms with Crippen LogP contribution in [0.15, 0.2) is 24.3 Å². The first kappa shape index (κ1) is 19.1. The number of piperidine rings is 1. The lowest BCUT2D eigenvalue weighted by molar-refractivity contribution is -0.126. The molecule has 24 heavy (non-hydrogen) atoms. The van der Waals surface area contributed by atoms with Crippen LogP contribution in [-0.2, 0) is 4.79 Å². The van der Waals surface area contributed by atoms with Crippen molar-refractivity contribution in [3.63, 3.8) is 0 Å². The number of rotatable bonds is 7. The number of halogens is 1. The highest BCUT2D eigenvalue weighted by molar-refractivity contribution is 6.30. The minimum Gasteiger partial charge on any atom is -0.371 e. The molecule has 3 nitrogen and oxygen atoms in total.